The molecule has 3 rings (SSSR count). The summed E-state index contributed by atoms with van der Waals surface area (Å²) >= 11 is 0. The Labute approximate surface area is 164 Å². The lowest BCUT2D eigenvalue weighted by atomic mass is 10.1. The first-order valence-electron chi connectivity index (χ1n) is 8.57. The van der Waals surface area contributed by atoms with Gasteiger partial charge in [0.15, 0.2) is 0 Å². The van der Waals surface area contributed by atoms with Crippen molar-refractivity contribution in [2.75, 3.05) is 19.5 Å². The van der Waals surface area contributed by atoms with Crippen molar-refractivity contribution in [3.8, 4) is 11.3 Å². The van der Waals surface area contributed by atoms with Crippen molar-refractivity contribution >= 4 is 23.5 Å². The molecule has 0 aliphatic carbocycles. The van der Waals surface area contributed by atoms with E-state index in [2.05, 4.69) is 20.3 Å². The number of carbonyl (C=O) groups is 3. The van der Waals surface area contributed by atoms with Crippen LogP contribution in [0, 0.1) is 0 Å². The van der Waals surface area contributed by atoms with Gasteiger partial charge in [0.25, 0.3) is 5.56 Å². The van der Waals surface area contributed by atoms with Crippen LogP contribution in [-0.2, 0) is 20.8 Å². The van der Waals surface area contributed by atoms with E-state index in [1.807, 2.05) is 0 Å². The zero-order chi connectivity index (χ0) is 21.0. The molecular formula is C19H18N4O6. The Balaban J connectivity index is 1.74. The Morgan fingerprint density at radius 3 is 2.62 bits per heavy atom. The van der Waals surface area contributed by atoms with Gasteiger partial charge < -0.3 is 19.4 Å². The largest absolute Gasteiger partial charge is 0.465 e. The minimum Gasteiger partial charge on any atom is -0.465 e. The predicted molar refractivity (Wildman–Crippen MR) is 102 cm³/mol. The fourth-order valence-electron chi connectivity index (χ4n) is 2.77. The van der Waals surface area contributed by atoms with E-state index in [4.69, 9.17) is 4.74 Å². The average Bonchev–Trinajstić information content (AvgIpc) is 3.11. The van der Waals surface area contributed by atoms with Gasteiger partial charge in [0.05, 0.1) is 25.3 Å². The molecule has 10 nitrogen and oxygen atoms in total. The lowest BCUT2D eigenvalue weighted by molar-refractivity contribution is -0.116. The molecule has 10 heteroatoms. The number of carbonyl (C=O) groups excluding carboxylic acids is 3. The number of hydrogen-bond donors (Lipinski definition) is 2. The number of benzene rings is 1. The molecule has 2 N–H and O–H groups in total. The van der Waals surface area contributed by atoms with Gasteiger partial charge in [0.1, 0.15) is 11.3 Å². The first-order chi connectivity index (χ1) is 13.9. The van der Waals surface area contributed by atoms with Gasteiger partial charge in [-0.3, -0.25) is 9.59 Å². The van der Waals surface area contributed by atoms with E-state index in [0.717, 1.165) is 0 Å². The Kier molecular flexibility index (Phi) is 5.72. The van der Waals surface area contributed by atoms with E-state index in [0.29, 0.717) is 11.3 Å². The number of rotatable bonds is 6. The molecule has 1 aromatic rings. The lowest BCUT2D eigenvalue weighted by Crippen LogP contribution is -2.17. The van der Waals surface area contributed by atoms with Crippen molar-refractivity contribution in [1.82, 2.24) is 14.8 Å². The van der Waals surface area contributed by atoms with Crippen molar-refractivity contribution in [3.63, 3.8) is 0 Å². The Morgan fingerprint density at radius 2 is 1.90 bits per heavy atom. The van der Waals surface area contributed by atoms with Crippen LogP contribution in [-0.4, -0.2) is 46.8 Å². The van der Waals surface area contributed by atoms with Gasteiger partial charge in [-0.2, -0.15) is 5.10 Å². The number of amides is 1. The molecule has 29 heavy (non-hydrogen) atoms. The second kappa shape index (κ2) is 8.38. The van der Waals surface area contributed by atoms with Gasteiger partial charge in [-0.05, 0) is 18.2 Å². The molecule has 0 radical (unpaired) electrons. The Morgan fingerprint density at radius 1 is 1.14 bits per heavy atom. The van der Waals surface area contributed by atoms with Crippen molar-refractivity contribution in [2.24, 2.45) is 0 Å². The molecule has 0 saturated carbocycles. The second-order valence-electron chi connectivity index (χ2n) is 6.09. The summed E-state index contributed by atoms with van der Waals surface area (Å²) in [4.78, 5) is 47.7. The van der Waals surface area contributed by atoms with Gasteiger partial charge in [0.2, 0.25) is 5.91 Å². The highest BCUT2D eigenvalue weighted by Crippen LogP contribution is 2.21. The third-order valence-electron chi connectivity index (χ3n) is 4.18. The van der Waals surface area contributed by atoms with Gasteiger partial charge >= 0.3 is 11.9 Å². The normalized spacial score (nSPS) is 10.6. The van der Waals surface area contributed by atoms with E-state index in [1.165, 1.54) is 32.7 Å². The third-order valence-corrected chi connectivity index (χ3v) is 4.18. The van der Waals surface area contributed by atoms with Crippen LogP contribution in [0.2, 0.25) is 0 Å². The standard InChI is InChI=1S/C19H18N4O6/c1-28-18(26)11-4-3-5-12(8-11)20-15(24)6-7-23-9-13-16(21-22-17(13)25)14(10-23)19(27)29-2/h3-5,8-10H,6-7H2,1-2H3,(H,20,24)(H,22,25). The summed E-state index contributed by atoms with van der Waals surface area (Å²) in [6.07, 6.45) is 3.05. The number of ether oxygens (including phenoxy) is 2. The number of aromatic amines is 1. The fraction of sp³-hybridized carbons (Fsp3) is 0.211. The second-order valence-corrected chi connectivity index (χ2v) is 6.09. The van der Waals surface area contributed by atoms with Crippen LogP contribution in [0.4, 0.5) is 5.69 Å². The number of fused-ring (bicyclic) bond motifs is 1. The minimum atomic E-state index is -0.639. The number of pyridine rings is 1. The zero-order valence-corrected chi connectivity index (χ0v) is 15.7. The van der Waals surface area contributed by atoms with Crippen LogP contribution in [0.1, 0.15) is 27.1 Å². The number of methoxy groups -OCH3 is 2. The number of hydrogen-bond acceptors (Lipinski definition) is 7. The first kappa shape index (κ1) is 19.8. The van der Waals surface area contributed by atoms with Crippen LogP contribution in [0.5, 0.6) is 0 Å². The maximum absolute atomic E-state index is 12.3. The topological polar surface area (TPSA) is 132 Å². The average molecular weight is 398 g/mol. The summed E-state index contributed by atoms with van der Waals surface area (Å²) in [5.41, 5.74) is 0.875. The summed E-state index contributed by atoms with van der Waals surface area (Å²) in [6, 6.07) is 6.36. The maximum Gasteiger partial charge on any atom is 0.341 e. The van der Waals surface area contributed by atoms with E-state index in [-0.39, 0.29) is 35.7 Å². The summed E-state index contributed by atoms with van der Waals surface area (Å²) < 4.78 is 10.9. The number of aryl methyl sites for hydroxylation is 1. The molecule has 1 amide bonds. The molecule has 0 saturated heterocycles. The number of aromatic nitrogens is 3. The minimum absolute atomic E-state index is 0.0608. The predicted octanol–water partition coefficient (Wildman–Crippen LogP) is 1.28. The molecule has 1 aromatic carbocycles. The SMILES string of the molecule is COC(=O)c1cccc(NC(=O)CCn2cc(C(=O)OC)c3n[nH]c(=O)c-3c2)c1. The van der Waals surface area contributed by atoms with Gasteiger partial charge in [0, 0.05) is 31.0 Å². The molecular weight excluding hydrogens is 380 g/mol. The molecule has 2 heterocycles. The highest BCUT2D eigenvalue weighted by molar-refractivity contribution is 5.96. The Bertz CT molecular complexity index is 1100. The molecule has 0 aromatic heterocycles. The van der Waals surface area contributed by atoms with Gasteiger partial charge in [-0.1, -0.05) is 6.07 Å². The van der Waals surface area contributed by atoms with E-state index < -0.39 is 17.5 Å². The van der Waals surface area contributed by atoms with Gasteiger partial charge in [-0.15, -0.1) is 0 Å². The third kappa shape index (κ3) is 4.32. The maximum atomic E-state index is 12.3. The quantitative estimate of drug-likeness (QED) is 0.598. The zero-order valence-electron chi connectivity index (χ0n) is 15.7. The van der Waals surface area contributed by atoms with E-state index in [1.54, 1.807) is 22.8 Å². The summed E-state index contributed by atoms with van der Waals surface area (Å²) in [5, 5.41) is 8.83. The number of H-pyrrole nitrogens is 1. The molecule has 0 fully saturated rings. The molecule has 2 aliphatic rings. The van der Waals surface area contributed by atoms with E-state index >= 15 is 0 Å². The monoisotopic (exact) mass is 398 g/mol. The first-order valence-corrected chi connectivity index (χ1v) is 8.57. The molecule has 2 aliphatic heterocycles. The summed E-state index contributed by atoms with van der Waals surface area (Å²) in [5.74, 6) is -1.46. The van der Waals surface area contributed by atoms with E-state index in [9.17, 15) is 19.2 Å². The van der Waals surface area contributed by atoms with Crippen LogP contribution in [0.15, 0.2) is 41.5 Å². The lowest BCUT2D eigenvalue weighted by Gasteiger charge is -2.12. The van der Waals surface area contributed by atoms with Gasteiger partial charge in [-0.25, -0.2) is 14.7 Å². The molecule has 0 atom stereocenters. The smallest absolute Gasteiger partial charge is 0.341 e. The summed E-state index contributed by atoms with van der Waals surface area (Å²) in [7, 11) is 2.50. The molecule has 0 unspecified atom stereocenters. The Hall–Kier alpha value is -3.95. The number of nitrogens with one attached hydrogen (secondary N) is 2. The van der Waals surface area contributed by atoms with Crippen molar-refractivity contribution in [2.45, 2.75) is 13.0 Å². The fourth-order valence-corrected chi connectivity index (χ4v) is 2.77. The molecule has 150 valence electrons. The highest BCUT2D eigenvalue weighted by atomic mass is 16.5. The molecule has 0 bridgehead atoms. The highest BCUT2D eigenvalue weighted by Gasteiger charge is 2.22. The van der Waals surface area contributed by atoms with Crippen LogP contribution < -0.4 is 10.9 Å². The number of anilines is 1. The van der Waals surface area contributed by atoms with Crippen LogP contribution >= 0.6 is 0 Å². The summed E-state index contributed by atoms with van der Waals surface area (Å²) in [6.45, 7) is 0.201. The number of esters is 2. The van der Waals surface area contributed by atoms with Crippen LogP contribution in [0.3, 0.4) is 0 Å². The molecule has 0 spiro atoms. The van der Waals surface area contributed by atoms with Crippen molar-refractivity contribution in [1.29, 1.82) is 0 Å². The van der Waals surface area contributed by atoms with Crippen molar-refractivity contribution < 1.29 is 23.9 Å². The number of nitrogens with zero attached hydrogens (tertiary/aromatic N) is 2. The van der Waals surface area contributed by atoms with Crippen molar-refractivity contribution in [3.05, 3.63) is 58.1 Å². The van der Waals surface area contributed by atoms with Crippen LogP contribution in [0.25, 0.3) is 11.3 Å².